The van der Waals surface area contributed by atoms with Crippen LogP contribution >= 0.6 is 0 Å². The van der Waals surface area contributed by atoms with Gasteiger partial charge in [0.2, 0.25) is 0 Å². The molecule has 0 fully saturated rings. The lowest BCUT2D eigenvalue weighted by Crippen LogP contribution is -2.42. The molecule has 156 valence electrons. The lowest BCUT2D eigenvalue weighted by molar-refractivity contribution is -0.141. The number of pyridine rings is 1. The molecule has 11 heteroatoms. The molecule has 0 aliphatic rings. The van der Waals surface area contributed by atoms with Gasteiger partial charge in [-0.3, -0.25) is 9.78 Å². The maximum Gasteiger partial charge on any atom is 0.433 e. The lowest BCUT2D eigenvalue weighted by Gasteiger charge is -2.19. The van der Waals surface area contributed by atoms with Gasteiger partial charge in [0.1, 0.15) is 12.0 Å². The van der Waals surface area contributed by atoms with Crippen LogP contribution in [0.4, 0.5) is 18.0 Å². The zero-order valence-corrected chi connectivity index (χ0v) is 15.6. The summed E-state index contributed by atoms with van der Waals surface area (Å²) in [7, 11) is 0. The van der Waals surface area contributed by atoms with Crippen LogP contribution in [0.2, 0.25) is 0 Å². The van der Waals surface area contributed by atoms with Gasteiger partial charge >= 0.3 is 12.3 Å². The Balaban J connectivity index is 1.89. The van der Waals surface area contributed by atoms with E-state index in [2.05, 4.69) is 25.6 Å². The van der Waals surface area contributed by atoms with Crippen molar-refractivity contribution in [2.75, 3.05) is 6.61 Å². The number of alkyl carbamates (subject to hydrolysis) is 1. The summed E-state index contributed by atoms with van der Waals surface area (Å²) < 4.78 is 57.2. The predicted octanol–water partition coefficient (Wildman–Crippen LogP) is 2.70. The number of amides is 2. The Morgan fingerprint density at radius 3 is 2.59 bits per heavy atom. The minimum atomic E-state index is -4.54. The SMILES string of the molecule is [2H]C([2H])C(C)(C)NC(=O)OCC(=O)NCc1cc(-c2ccc(C(F)(F)F)nc2)ncn1. The van der Waals surface area contributed by atoms with Gasteiger partial charge in [0, 0.05) is 20.0 Å². The largest absolute Gasteiger partial charge is 0.439 e. The van der Waals surface area contributed by atoms with E-state index in [4.69, 9.17) is 7.48 Å². The van der Waals surface area contributed by atoms with Gasteiger partial charge in [-0.1, -0.05) is 0 Å². The Labute approximate surface area is 167 Å². The van der Waals surface area contributed by atoms with Crippen LogP contribution in [0, 0.1) is 0 Å². The maximum absolute atomic E-state index is 12.6. The quantitative estimate of drug-likeness (QED) is 0.781. The van der Waals surface area contributed by atoms with Crippen molar-refractivity contribution in [1.82, 2.24) is 25.6 Å². The number of rotatable bonds is 5. The van der Waals surface area contributed by atoms with Crippen LogP contribution in [0.25, 0.3) is 11.3 Å². The summed E-state index contributed by atoms with van der Waals surface area (Å²) in [5.74, 6) is -0.627. The smallest absolute Gasteiger partial charge is 0.433 e. The summed E-state index contributed by atoms with van der Waals surface area (Å²) in [4.78, 5) is 34.8. The number of hydrogen-bond acceptors (Lipinski definition) is 6. The molecule has 0 atom stereocenters. The molecule has 2 heterocycles. The highest BCUT2D eigenvalue weighted by Gasteiger charge is 2.32. The van der Waals surface area contributed by atoms with Gasteiger partial charge in [-0.15, -0.1) is 0 Å². The molecule has 0 unspecified atom stereocenters. The van der Waals surface area contributed by atoms with Crippen LogP contribution in [-0.2, 0) is 22.3 Å². The molecular formula is C18H20F3N5O3. The first-order chi connectivity index (χ1) is 14.4. The van der Waals surface area contributed by atoms with Crippen molar-refractivity contribution in [2.24, 2.45) is 0 Å². The Kier molecular flexibility index (Phi) is 5.82. The number of nitrogens with one attached hydrogen (secondary N) is 2. The summed E-state index contributed by atoms with van der Waals surface area (Å²) in [6, 6.07) is 3.54. The number of alkyl halides is 3. The van der Waals surface area contributed by atoms with Gasteiger partial charge in [-0.2, -0.15) is 13.2 Å². The van der Waals surface area contributed by atoms with Gasteiger partial charge in [0.15, 0.2) is 6.61 Å². The molecule has 2 rings (SSSR count). The number of hydrogen-bond donors (Lipinski definition) is 2. The molecular weight excluding hydrogens is 391 g/mol. The fourth-order valence-corrected chi connectivity index (χ4v) is 2.04. The van der Waals surface area contributed by atoms with E-state index in [0.29, 0.717) is 17.0 Å². The third-order valence-electron chi connectivity index (χ3n) is 3.30. The molecule has 29 heavy (non-hydrogen) atoms. The standard InChI is InChI=1S/C18H20F3N5O3/c1-17(2,3)26-16(28)29-9-15(27)23-8-12-6-13(25-10-24-12)11-4-5-14(22-7-11)18(19,20)21/h4-7,10H,8-9H2,1-3H3,(H,23,27)(H,26,28)/i1D2. The average molecular weight is 413 g/mol. The van der Waals surface area contributed by atoms with Crippen LogP contribution < -0.4 is 10.6 Å². The first-order valence-electron chi connectivity index (χ1n) is 9.44. The minimum absolute atomic E-state index is 0.0413. The Bertz CT molecular complexity index is 924. The number of carbonyl (C=O) groups is 2. The third-order valence-corrected chi connectivity index (χ3v) is 3.30. The molecule has 0 saturated carbocycles. The molecule has 2 aromatic heterocycles. The van der Waals surface area contributed by atoms with Crippen LogP contribution in [0.15, 0.2) is 30.7 Å². The summed E-state index contributed by atoms with van der Waals surface area (Å²) in [6.07, 6.45) is -3.25. The second-order valence-corrected chi connectivity index (χ2v) is 6.52. The van der Waals surface area contributed by atoms with Crippen molar-refractivity contribution in [1.29, 1.82) is 0 Å². The second kappa shape index (κ2) is 8.84. The van der Waals surface area contributed by atoms with E-state index in [1.807, 2.05) is 0 Å². The van der Waals surface area contributed by atoms with E-state index in [1.165, 1.54) is 32.3 Å². The first-order valence-corrected chi connectivity index (χ1v) is 8.29. The molecule has 8 nitrogen and oxygen atoms in total. The normalized spacial score (nSPS) is 12.8. The fraction of sp³-hybridized carbons (Fsp3) is 0.389. The number of aromatic nitrogens is 3. The highest BCUT2D eigenvalue weighted by Crippen LogP contribution is 2.28. The monoisotopic (exact) mass is 413 g/mol. The molecule has 0 spiro atoms. The van der Waals surface area contributed by atoms with Gasteiger partial charge in [-0.05, 0) is 38.9 Å². The van der Waals surface area contributed by atoms with Crippen molar-refractivity contribution < 1.29 is 30.2 Å². The van der Waals surface area contributed by atoms with E-state index in [0.717, 1.165) is 12.3 Å². The lowest BCUT2D eigenvalue weighted by atomic mass is 10.1. The molecule has 0 aliphatic carbocycles. The molecule has 0 saturated heterocycles. The zero-order chi connectivity index (χ0) is 23.2. The Morgan fingerprint density at radius 2 is 1.97 bits per heavy atom. The van der Waals surface area contributed by atoms with E-state index in [-0.39, 0.29) is 6.54 Å². The van der Waals surface area contributed by atoms with Crippen molar-refractivity contribution in [2.45, 2.75) is 39.0 Å². The highest BCUT2D eigenvalue weighted by molar-refractivity contribution is 5.80. The van der Waals surface area contributed by atoms with Crippen molar-refractivity contribution in [3.8, 4) is 11.3 Å². The van der Waals surface area contributed by atoms with Crippen molar-refractivity contribution >= 4 is 12.0 Å². The van der Waals surface area contributed by atoms with Crippen LogP contribution in [-0.4, -0.2) is 39.1 Å². The zero-order valence-electron chi connectivity index (χ0n) is 17.6. The summed E-state index contributed by atoms with van der Waals surface area (Å²) in [5, 5.41) is 4.79. The Morgan fingerprint density at radius 1 is 1.21 bits per heavy atom. The average Bonchev–Trinajstić information content (AvgIpc) is 2.70. The summed E-state index contributed by atoms with van der Waals surface area (Å²) in [5.41, 5.74) is -1.15. The number of carbonyl (C=O) groups excluding carboxylic acids is 2. The molecule has 2 amide bonds. The van der Waals surface area contributed by atoms with Gasteiger partial charge in [0.25, 0.3) is 5.91 Å². The number of nitrogens with zero attached hydrogens (tertiary/aromatic N) is 3. The van der Waals surface area contributed by atoms with E-state index in [9.17, 15) is 22.8 Å². The third kappa shape index (κ3) is 7.35. The Hall–Kier alpha value is -3.24. The molecule has 0 aromatic carbocycles. The number of halogens is 3. The number of ether oxygens (including phenoxy) is 1. The summed E-state index contributed by atoms with van der Waals surface area (Å²) in [6.45, 7) is 0.972. The second-order valence-electron chi connectivity index (χ2n) is 6.52. The van der Waals surface area contributed by atoms with Gasteiger partial charge < -0.3 is 15.4 Å². The molecule has 2 aromatic rings. The predicted molar refractivity (Wildman–Crippen MR) is 96.3 cm³/mol. The van der Waals surface area contributed by atoms with Crippen LogP contribution in [0.1, 0.15) is 34.9 Å². The van der Waals surface area contributed by atoms with E-state index < -0.39 is 42.9 Å². The van der Waals surface area contributed by atoms with E-state index in [1.54, 1.807) is 0 Å². The van der Waals surface area contributed by atoms with Crippen molar-refractivity contribution in [3.05, 3.63) is 42.1 Å². The minimum Gasteiger partial charge on any atom is -0.439 e. The van der Waals surface area contributed by atoms with Gasteiger partial charge in [-0.25, -0.2) is 14.8 Å². The highest BCUT2D eigenvalue weighted by atomic mass is 19.4. The van der Waals surface area contributed by atoms with E-state index >= 15 is 0 Å². The molecule has 0 bridgehead atoms. The molecule has 0 radical (unpaired) electrons. The summed E-state index contributed by atoms with van der Waals surface area (Å²) >= 11 is 0. The van der Waals surface area contributed by atoms with Gasteiger partial charge in [0.05, 0.1) is 17.9 Å². The topological polar surface area (TPSA) is 106 Å². The fourth-order valence-electron chi connectivity index (χ4n) is 2.04. The first kappa shape index (κ1) is 19.1. The van der Waals surface area contributed by atoms with Crippen LogP contribution in [0.5, 0.6) is 0 Å². The molecule has 0 aliphatic heterocycles. The van der Waals surface area contributed by atoms with Crippen molar-refractivity contribution in [3.63, 3.8) is 0 Å². The maximum atomic E-state index is 12.6. The van der Waals surface area contributed by atoms with Crippen LogP contribution in [0.3, 0.4) is 0 Å². The molecule has 2 N–H and O–H groups in total.